The molecule has 0 radical (unpaired) electrons. The second-order valence-corrected chi connectivity index (χ2v) is 7.59. The zero-order valence-corrected chi connectivity index (χ0v) is 17.9. The Labute approximate surface area is 182 Å². The van der Waals surface area contributed by atoms with Gasteiger partial charge in [-0.25, -0.2) is 14.8 Å². The van der Waals surface area contributed by atoms with Gasteiger partial charge in [-0.15, -0.1) is 0 Å². The number of benzene rings is 2. The van der Waals surface area contributed by atoms with Gasteiger partial charge in [-0.1, -0.05) is 55.0 Å². The van der Waals surface area contributed by atoms with Crippen molar-refractivity contribution in [3.05, 3.63) is 89.4 Å². The molecule has 4 aromatic rings. The van der Waals surface area contributed by atoms with Crippen LogP contribution in [0.4, 0.5) is 10.5 Å². The van der Waals surface area contributed by atoms with Crippen molar-refractivity contribution in [1.29, 1.82) is 0 Å². The van der Waals surface area contributed by atoms with Crippen LogP contribution in [-0.4, -0.2) is 27.1 Å². The van der Waals surface area contributed by atoms with Crippen molar-refractivity contribution in [1.82, 2.24) is 19.9 Å². The van der Waals surface area contributed by atoms with E-state index >= 15 is 0 Å². The summed E-state index contributed by atoms with van der Waals surface area (Å²) in [5.74, 6) is 0.906. The molecule has 2 aromatic heterocycles. The van der Waals surface area contributed by atoms with E-state index in [2.05, 4.69) is 58.3 Å². The molecule has 0 spiro atoms. The van der Waals surface area contributed by atoms with Crippen LogP contribution in [0, 0.1) is 6.92 Å². The minimum absolute atomic E-state index is 0.208. The first-order valence-corrected chi connectivity index (χ1v) is 10.6. The largest absolute Gasteiger partial charge is 0.337 e. The Morgan fingerprint density at radius 1 is 1.03 bits per heavy atom. The molecule has 2 amide bonds. The van der Waals surface area contributed by atoms with Crippen molar-refractivity contribution >= 4 is 22.9 Å². The summed E-state index contributed by atoms with van der Waals surface area (Å²) < 4.78 is 2.13. The van der Waals surface area contributed by atoms with Crippen molar-refractivity contribution in [2.75, 3.05) is 11.9 Å². The van der Waals surface area contributed by atoms with Gasteiger partial charge in [-0.05, 0) is 42.7 Å². The molecule has 0 unspecified atom stereocenters. The third-order valence-corrected chi connectivity index (χ3v) is 5.32. The summed E-state index contributed by atoms with van der Waals surface area (Å²) in [5, 5.41) is 5.89. The fourth-order valence-corrected chi connectivity index (χ4v) is 3.64. The van der Waals surface area contributed by atoms with Crippen LogP contribution in [0.2, 0.25) is 0 Å². The summed E-state index contributed by atoms with van der Waals surface area (Å²) in [6.45, 7) is 5.33. The molecule has 31 heavy (non-hydrogen) atoms. The Kier molecular flexibility index (Phi) is 6.26. The van der Waals surface area contributed by atoms with Crippen LogP contribution in [0.3, 0.4) is 0 Å². The van der Waals surface area contributed by atoms with Gasteiger partial charge in [0.25, 0.3) is 0 Å². The molecular weight excluding hydrogens is 386 g/mol. The number of anilines is 1. The molecule has 0 fully saturated rings. The number of carbonyl (C=O) groups excluding carboxylic acids is 1. The zero-order valence-electron chi connectivity index (χ0n) is 17.9. The summed E-state index contributed by atoms with van der Waals surface area (Å²) in [7, 11) is 0. The van der Waals surface area contributed by atoms with Gasteiger partial charge in [0.2, 0.25) is 0 Å². The van der Waals surface area contributed by atoms with E-state index < -0.39 is 0 Å². The Morgan fingerprint density at radius 3 is 2.65 bits per heavy atom. The van der Waals surface area contributed by atoms with E-state index in [0.717, 1.165) is 34.7 Å². The van der Waals surface area contributed by atoms with Crippen LogP contribution in [0.15, 0.2) is 66.9 Å². The molecule has 0 aliphatic heterocycles. The van der Waals surface area contributed by atoms with Crippen molar-refractivity contribution in [2.45, 2.75) is 33.2 Å². The van der Waals surface area contributed by atoms with E-state index in [1.165, 1.54) is 11.1 Å². The highest BCUT2D eigenvalue weighted by Crippen LogP contribution is 2.17. The van der Waals surface area contributed by atoms with Crippen LogP contribution >= 0.6 is 0 Å². The number of para-hydroxylation sites is 1. The molecule has 0 bridgehead atoms. The van der Waals surface area contributed by atoms with Crippen LogP contribution in [-0.2, 0) is 19.4 Å². The standard InChI is InChI=1S/C25H27N5O/c1-3-20-7-4-5-8-21(20)29-25(31)27-16-14-23-28-22-9-6-15-26-24(22)30(23)17-19-12-10-18(2)11-13-19/h4-13,15H,3,14,16-17H2,1-2H3,(H2,27,29,31). The second kappa shape index (κ2) is 9.43. The molecule has 6 nitrogen and oxygen atoms in total. The lowest BCUT2D eigenvalue weighted by atomic mass is 10.1. The predicted octanol–water partition coefficient (Wildman–Crippen LogP) is 4.71. The van der Waals surface area contributed by atoms with E-state index in [9.17, 15) is 4.79 Å². The fraction of sp³-hybridized carbons (Fsp3) is 0.240. The first kappa shape index (κ1) is 20.6. The topological polar surface area (TPSA) is 71.8 Å². The van der Waals surface area contributed by atoms with Gasteiger partial charge in [0.1, 0.15) is 11.3 Å². The van der Waals surface area contributed by atoms with E-state index in [1.807, 2.05) is 36.4 Å². The number of amides is 2. The Bertz CT molecular complexity index is 1180. The maximum absolute atomic E-state index is 12.4. The molecule has 0 saturated carbocycles. The highest BCUT2D eigenvalue weighted by atomic mass is 16.2. The number of imidazole rings is 1. The fourth-order valence-electron chi connectivity index (χ4n) is 3.64. The third kappa shape index (κ3) is 4.91. The van der Waals surface area contributed by atoms with Crippen molar-refractivity contribution in [3.63, 3.8) is 0 Å². The summed E-state index contributed by atoms with van der Waals surface area (Å²) in [6.07, 6.45) is 3.27. The highest BCUT2D eigenvalue weighted by Gasteiger charge is 2.13. The van der Waals surface area contributed by atoms with Crippen LogP contribution in [0.5, 0.6) is 0 Å². The lowest BCUT2D eigenvalue weighted by molar-refractivity contribution is 0.252. The summed E-state index contributed by atoms with van der Waals surface area (Å²) in [6, 6.07) is 20.0. The summed E-state index contributed by atoms with van der Waals surface area (Å²) in [4.78, 5) is 21.7. The molecule has 2 heterocycles. The van der Waals surface area contributed by atoms with Crippen molar-refractivity contribution in [3.8, 4) is 0 Å². The minimum atomic E-state index is -0.208. The lowest BCUT2D eigenvalue weighted by Crippen LogP contribution is -2.31. The van der Waals surface area contributed by atoms with Gasteiger partial charge in [-0.3, -0.25) is 0 Å². The first-order valence-electron chi connectivity index (χ1n) is 10.6. The number of nitrogens with zero attached hydrogens (tertiary/aromatic N) is 3. The Balaban J connectivity index is 1.45. The molecule has 0 aliphatic rings. The first-order chi connectivity index (χ1) is 15.1. The summed E-state index contributed by atoms with van der Waals surface area (Å²) >= 11 is 0. The molecule has 2 N–H and O–H groups in total. The average molecular weight is 414 g/mol. The summed E-state index contributed by atoms with van der Waals surface area (Å²) in [5.41, 5.74) is 6.11. The molecule has 0 aliphatic carbocycles. The number of aryl methyl sites for hydroxylation is 2. The number of fused-ring (bicyclic) bond motifs is 1. The number of carbonyl (C=O) groups is 1. The maximum atomic E-state index is 12.4. The lowest BCUT2D eigenvalue weighted by Gasteiger charge is -2.12. The van der Waals surface area contributed by atoms with Gasteiger partial charge < -0.3 is 15.2 Å². The Hall–Kier alpha value is -3.67. The van der Waals surface area contributed by atoms with Crippen LogP contribution in [0.1, 0.15) is 29.4 Å². The number of nitrogens with one attached hydrogen (secondary N) is 2. The maximum Gasteiger partial charge on any atom is 0.319 e. The van der Waals surface area contributed by atoms with Crippen molar-refractivity contribution < 1.29 is 4.79 Å². The number of pyridine rings is 1. The number of rotatable bonds is 7. The van der Waals surface area contributed by atoms with Gasteiger partial charge >= 0.3 is 6.03 Å². The van der Waals surface area contributed by atoms with E-state index in [4.69, 9.17) is 4.98 Å². The molecule has 0 saturated heterocycles. The van der Waals surface area contributed by atoms with Gasteiger partial charge in [0.15, 0.2) is 5.65 Å². The van der Waals surface area contributed by atoms with Crippen LogP contribution < -0.4 is 10.6 Å². The highest BCUT2D eigenvalue weighted by molar-refractivity contribution is 5.90. The third-order valence-electron chi connectivity index (χ3n) is 5.32. The van der Waals surface area contributed by atoms with E-state index in [1.54, 1.807) is 6.20 Å². The zero-order chi connectivity index (χ0) is 21.6. The average Bonchev–Trinajstić information content (AvgIpc) is 3.13. The number of urea groups is 1. The van der Waals surface area contributed by atoms with E-state index in [-0.39, 0.29) is 6.03 Å². The van der Waals surface area contributed by atoms with Gasteiger partial charge in [0.05, 0.1) is 6.54 Å². The van der Waals surface area contributed by atoms with Crippen molar-refractivity contribution in [2.24, 2.45) is 0 Å². The molecule has 158 valence electrons. The second-order valence-electron chi connectivity index (χ2n) is 7.59. The molecule has 6 heteroatoms. The Morgan fingerprint density at radius 2 is 1.84 bits per heavy atom. The molecule has 4 rings (SSSR count). The van der Waals surface area contributed by atoms with Gasteiger partial charge in [-0.2, -0.15) is 0 Å². The predicted molar refractivity (Wildman–Crippen MR) is 124 cm³/mol. The number of aromatic nitrogens is 3. The number of hydrogen-bond donors (Lipinski definition) is 2. The minimum Gasteiger partial charge on any atom is -0.337 e. The van der Waals surface area contributed by atoms with Gasteiger partial charge in [0, 0.05) is 24.8 Å². The van der Waals surface area contributed by atoms with E-state index in [0.29, 0.717) is 19.5 Å². The number of hydrogen-bond acceptors (Lipinski definition) is 3. The molecular formula is C25H27N5O. The normalized spacial score (nSPS) is 10.9. The quantitative estimate of drug-likeness (QED) is 0.461. The monoisotopic (exact) mass is 413 g/mol. The molecule has 0 atom stereocenters. The smallest absolute Gasteiger partial charge is 0.319 e. The SMILES string of the molecule is CCc1ccccc1NC(=O)NCCc1nc2cccnc2n1Cc1ccc(C)cc1. The molecule has 2 aromatic carbocycles. The van der Waals surface area contributed by atoms with Crippen LogP contribution in [0.25, 0.3) is 11.2 Å².